The summed E-state index contributed by atoms with van der Waals surface area (Å²) in [6.45, 7) is 7.39. The fraction of sp³-hybridized carbons (Fsp3) is 0.706. The molecular formula is C17H24N4O2. The monoisotopic (exact) mass is 316 g/mol. The second kappa shape index (κ2) is 5.44. The first-order valence-electron chi connectivity index (χ1n) is 8.48. The van der Waals surface area contributed by atoms with E-state index in [9.17, 15) is 0 Å². The minimum absolute atomic E-state index is 0.0810. The number of hydrogen-bond donors (Lipinski definition) is 1. The van der Waals surface area contributed by atoms with Gasteiger partial charge < -0.3 is 9.26 Å². The molecule has 0 saturated carbocycles. The summed E-state index contributed by atoms with van der Waals surface area (Å²) < 4.78 is 11.6. The van der Waals surface area contributed by atoms with Gasteiger partial charge in [-0.15, -0.1) is 0 Å². The lowest BCUT2D eigenvalue weighted by molar-refractivity contribution is 0.0193. The molecule has 3 atom stereocenters. The molecule has 6 nitrogen and oxygen atoms in total. The van der Waals surface area contributed by atoms with Crippen LogP contribution in [-0.4, -0.2) is 33.0 Å². The number of rotatable bonds is 2. The fourth-order valence-electron chi connectivity index (χ4n) is 3.89. The third-order valence-electron chi connectivity index (χ3n) is 5.10. The Hall–Kier alpha value is -1.69. The minimum Gasteiger partial charge on any atom is -0.377 e. The Kier molecular flexibility index (Phi) is 3.52. The van der Waals surface area contributed by atoms with Crippen LogP contribution in [0.4, 0.5) is 0 Å². The molecule has 0 unspecified atom stereocenters. The molecule has 0 bridgehead atoms. The van der Waals surface area contributed by atoms with Gasteiger partial charge in [0.05, 0.1) is 18.2 Å². The molecule has 2 aromatic rings. The van der Waals surface area contributed by atoms with E-state index in [1.54, 1.807) is 0 Å². The smallest absolute Gasteiger partial charge is 0.230 e. The summed E-state index contributed by atoms with van der Waals surface area (Å²) in [6.07, 6.45) is 6.01. The third-order valence-corrected chi connectivity index (χ3v) is 5.10. The number of aromatic amines is 1. The highest BCUT2D eigenvalue weighted by Gasteiger charge is 2.41. The predicted octanol–water partition coefficient (Wildman–Crippen LogP) is 2.98. The summed E-state index contributed by atoms with van der Waals surface area (Å²) in [5.41, 5.74) is 2.60. The first kappa shape index (κ1) is 14.9. The van der Waals surface area contributed by atoms with Crippen LogP contribution in [0.1, 0.15) is 68.4 Å². The Morgan fingerprint density at radius 1 is 1.26 bits per heavy atom. The summed E-state index contributed by atoms with van der Waals surface area (Å²) in [6, 6.07) is 0. The largest absolute Gasteiger partial charge is 0.377 e. The third kappa shape index (κ3) is 2.69. The molecule has 0 amide bonds. The Morgan fingerprint density at radius 2 is 2.13 bits per heavy atom. The molecule has 1 fully saturated rings. The van der Waals surface area contributed by atoms with Gasteiger partial charge in [-0.1, -0.05) is 25.9 Å². The molecule has 1 saturated heterocycles. The number of ether oxygens (including phenoxy) is 1. The van der Waals surface area contributed by atoms with E-state index in [2.05, 4.69) is 36.1 Å². The van der Waals surface area contributed by atoms with Crippen molar-refractivity contribution in [3.8, 4) is 0 Å². The standard InChI is InChI=1S/C17H24N4O2/c1-17(2,3)14-12(6-7-22-14)15-19-16(23-21-15)10-4-5-11-9-18-20-13(11)8-10/h9-10,12,14H,4-8H2,1-3H3,(H,18,20)/t10-,12-,14-/m0/s1. The second-order valence-corrected chi connectivity index (χ2v) is 7.86. The SMILES string of the molecule is CC(C)(C)[C@H]1OCC[C@@H]1c1noc([C@H]2CCc3cn[nH]c3C2)n1. The van der Waals surface area contributed by atoms with Crippen molar-refractivity contribution in [2.24, 2.45) is 5.41 Å². The summed E-state index contributed by atoms with van der Waals surface area (Å²) in [7, 11) is 0. The van der Waals surface area contributed by atoms with Gasteiger partial charge in [-0.3, -0.25) is 5.10 Å². The molecule has 1 aliphatic heterocycles. The van der Waals surface area contributed by atoms with E-state index in [4.69, 9.17) is 14.2 Å². The topological polar surface area (TPSA) is 76.8 Å². The summed E-state index contributed by atoms with van der Waals surface area (Å²) in [5, 5.41) is 11.5. The van der Waals surface area contributed by atoms with E-state index in [1.165, 1.54) is 11.3 Å². The van der Waals surface area contributed by atoms with Crippen molar-refractivity contribution in [2.75, 3.05) is 6.61 Å². The van der Waals surface area contributed by atoms with Crippen LogP contribution < -0.4 is 0 Å². The molecule has 0 aromatic carbocycles. The van der Waals surface area contributed by atoms with Crippen molar-refractivity contribution in [3.63, 3.8) is 0 Å². The van der Waals surface area contributed by atoms with Crippen molar-refractivity contribution in [1.82, 2.24) is 20.3 Å². The predicted molar refractivity (Wildman–Crippen MR) is 84.2 cm³/mol. The fourth-order valence-corrected chi connectivity index (χ4v) is 3.89. The van der Waals surface area contributed by atoms with Gasteiger partial charge in [0, 0.05) is 24.6 Å². The maximum Gasteiger partial charge on any atom is 0.230 e. The highest BCUT2D eigenvalue weighted by Crippen LogP contribution is 2.40. The number of H-pyrrole nitrogens is 1. The van der Waals surface area contributed by atoms with Crippen molar-refractivity contribution in [2.45, 2.75) is 64.4 Å². The van der Waals surface area contributed by atoms with Crippen LogP contribution in [-0.2, 0) is 17.6 Å². The first-order chi connectivity index (χ1) is 11.0. The van der Waals surface area contributed by atoms with Gasteiger partial charge in [0.1, 0.15) is 0 Å². The number of fused-ring (bicyclic) bond motifs is 1. The van der Waals surface area contributed by atoms with Crippen molar-refractivity contribution >= 4 is 0 Å². The van der Waals surface area contributed by atoms with Crippen LogP contribution in [0, 0.1) is 5.41 Å². The lowest BCUT2D eigenvalue weighted by Crippen LogP contribution is -2.30. The maximum absolute atomic E-state index is 5.94. The number of nitrogens with one attached hydrogen (secondary N) is 1. The highest BCUT2D eigenvalue weighted by molar-refractivity contribution is 5.22. The van der Waals surface area contributed by atoms with Gasteiger partial charge in [-0.2, -0.15) is 10.1 Å². The molecule has 2 aliphatic rings. The summed E-state index contributed by atoms with van der Waals surface area (Å²) >= 11 is 0. The highest BCUT2D eigenvalue weighted by atomic mass is 16.5. The summed E-state index contributed by atoms with van der Waals surface area (Å²) in [4.78, 5) is 4.74. The van der Waals surface area contributed by atoms with Gasteiger partial charge in [-0.25, -0.2) is 0 Å². The molecule has 0 radical (unpaired) electrons. The molecule has 6 heteroatoms. The second-order valence-electron chi connectivity index (χ2n) is 7.86. The lowest BCUT2D eigenvalue weighted by Gasteiger charge is -2.29. The Bertz CT molecular complexity index is 685. The van der Waals surface area contributed by atoms with Crippen LogP contribution in [0.25, 0.3) is 0 Å². The molecule has 2 aromatic heterocycles. The molecule has 0 spiro atoms. The Balaban J connectivity index is 1.53. The Labute approximate surface area is 136 Å². The van der Waals surface area contributed by atoms with E-state index in [1.807, 2.05) is 6.20 Å². The van der Waals surface area contributed by atoms with Gasteiger partial charge in [0.15, 0.2) is 5.82 Å². The molecule has 4 rings (SSSR count). The van der Waals surface area contributed by atoms with Gasteiger partial charge in [-0.05, 0) is 30.2 Å². The van der Waals surface area contributed by atoms with Crippen LogP contribution >= 0.6 is 0 Å². The molecule has 23 heavy (non-hydrogen) atoms. The van der Waals surface area contributed by atoms with E-state index >= 15 is 0 Å². The number of aromatic nitrogens is 4. The van der Waals surface area contributed by atoms with Gasteiger partial charge in [0.25, 0.3) is 0 Å². The number of aryl methyl sites for hydroxylation is 1. The van der Waals surface area contributed by atoms with Crippen LogP contribution in [0.15, 0.2) is 10.7 Å². The van der Waals surface area contributed by atoms with Gasteiger partial charge in [0.2, 0.25) is 5.89 Å². The van der Waals surface area contributed by atoms with Gasteiger partial charge >= 0.3 is 0 Å². The zero-order valence-corrected chi connectivity index (χ0v) is 14.0. The van der Waals surface area contributed by atoms with Crippen molar-refractivity contribution in [3.05, 3.63) is 29.2 Å². The quantitative estimate of drug-likeness (QED) is 0.921. The minimum atomic E-state index is 0.0810. The molecule has 3 heterocycles. The molecular weight excluding hydrogens is 292 g/mol. The average Bonchev–Trinajstić information content (AvgIpc) is 3.24. The lowest BCUT2D eigenvalue weighted by atomic mass is 9.81. The van der Waals surface area contributed by atoms with E-state index in [0.717, 1.165) is 44.0 Å². The average molecular weight is 316 g/mol. The van der Waals surface area contributed by atoms with E-state index in [-0.39, 0.29) is 17.4 Å². The summed E-state index contributed by atoms with van der Waals surface area (Å²) in [5.74, 6) is 2.10. The number of hydrogen-bond acceptors (Lipinski definition) is 5. The number of nitrogens with zero attached hydrogens (tertiary/aromatic N) is 3. The van der Waals surface area contributed by atoms with Crippen LogP contribution in [0.5, 0.6) is 0 Å². The maximum atomic E-state index is 5.94. The molecule has 1 aliphatic carbocycles. The van der Waals surface area contributed by atoms with Crippen molar-refractivity contribution in [1.29, 1.82) is 0 Å². The zero-order valence-electron chi connectivity index (χ0n) is 14.0. The normalized spacial score (nSPS) is 28.0. The first-order valence-corrected chi connectivity index (χ1v) is 8.48. The van der Waals surface area contributed by atoms with Crippen LogP contribution in [0.2, 0.25) is 0 Å². The Morgan fingerprint density at radius 3 is 2.96 bits per heavy atom. The van der Waals surface area contributed by atoms with Crippen molar-refractivity contribution < 1.29 is 9.26 Å². The molecule has 124 valence electrons. The van der Waals surface area contributed by atoms with E-state index in [0.29, 0.717) is 5.92 Å². The van der Waals surface area contributed by atoms with Crippen LogP contribution in [0.3, 0.4) is 0 Å². The van der Waals surface area contributed by atoms with E-state index < -0.39 is 0 Å². The zero-order chi connectivity index (χ0) is 16.0. The molecule has 1 N–H and O–H groups in total.